The van der Waals surface area contributed by atoms with Crippen LogP contribution >= 0.6 is 0 Å². The van der Waals surface area contributed by atoms with Gasteiger partial charge in [-0.25, -0.2) is 0 Å². The monoisotopic (exact) mass is 366 g/mol. The van der Waals surface area contributed by atoms with E-state index in [-0.39, 0.29) is 17.9 Å². The van der Waals surface area contributed by atoms with Crippen LogP contribution in [0, 0.1) is 0 Å². The van der Waals surface area contributed by atoms with Gasteiger partial charge < -0.3 is 19.8 Å². The fourth-order valence-corrected chi connectivity index (χ4v) is 2.75. The standard InChI is InChI=1S/C21H22N2O4/c1-26-9-10-27-18-7-4-5-15(11-18)14-22-20(24)13-17-12-16-6-2-3-8-19(16)23-21(17)25/h2-8,11-12H,9-10,13-14H2,1H3,(H,22,24)(H,23,25). The Labute approximate surface area is 157 Å². The van der Waals surface area contributed by atoms with Crippen LogP contribution in [-0.4, -0.2) is 31.2 Å². The lowest BCUT2D eigenvalue weighted by Crippen LogP contribution is -2.27. The highest BCUT2D eigenvalue weighted by atomic mass is 16.5. The van der Waals surface area contributed by atoms with Crippen LogP contribution in [0.3, 0.4) is 0 Å². The van der Waals surface area contributed by atoms with Gasteiger partial charge in [-0.1, -0.05) is 30.3 Å². The number of ether oxygens (including phenoxy) is 2. The lowest BCUT2D eigenvalue weighted by atomic mass is 10.1. The Morgan fingerprint density at radius 2 is 1.93 bits per heavy atom. The zero-order chi connectivity index (χ0) is 19.1. The van der Waals surface area contributed by atoms with Gasteiger partial charge in [0, 0.05) is 24.7 Å². The number of benzene rings is 2. The summed E-state index contributed by atoms with van der Waals surface area (Å²) in [7, 11) is 1.62. The molecule has 0 saturated heterocycles. The molecule has 0 saturated carbocycles. The molecule has 6 heteroatoms. The molecule has 0 radical (unpaired) electrons. The molecule has 2 aromatic carbocycles. The first-order valence-corrected chi connectivity index (χ1v) is 8.74. The highest BCUT2D eigenvalue weighted by Gasteiger charge is 2.09. The number of aromatic amines is 1. The molecule has 0 atom stereocenters. The van der Waals surface area contributed by atoms with Crippen molar-refractivity contribution >= 4 is 16.8 Å². The quantitative estimate of drug-likeness (QED) is 0.600. The van der Waals surface area contributed by atoms with Crippen LogP contribution < -0.4 is 15.6 Å². The van der Waals surface area contributed by atoms with Crippen molar-refractivity contribution in [3.05, 3.63) is 76.1 Å². The van der Waals surface area contributed by atoms with Gasteiger partial charge in [-0.3, -0.25) is 9.59 Å². The second kappa shape index (κ2) is 9.00. The molecule has 3 aromatic rings. The van der Waals surface area contributed by atoms with Gasteiger partial charge in [0.25, 0.3) is 5.56 Å². The average molecular weight is 366 g/mol. The molecule has 0 aliphatic rings. The van der Waals surface area contributed by atoms with E-state index in [0.717, 1.165) is 22.2 Å². The number of carbonyl (C=O) groups is 1. The molecule has 27 heavy (non-hydrogen) atoms. The summed E-state index contributed by atoms with van der Waals surface area (Å²) in [6.45, 7) is 1.35. The van der Waals surface area contributed by atoms with E-state index in [1.54, 1.807) is 13.2 Å². The van der Waals surface area contributed by atoms with Gasteiger partial charge in [0.15, 0.2) is 0 Å². The van der Waals surface area contributed by atoms with E-state index in [2.05, 4.69) is 10.3 Å². The van der Waals surface area contributed by atoms with Crippen molar-refractivity contribution < 1.29 is 14.3 Å². The third-order valence-corrected chi connectivity index (χ3v) is 4.13. The molecule has 1 heterocycles. The summed E-state index contributed by atoms with van der Waals surface area (Å²) in [5, 5.41) is 3.75. The first kappa shape index (κ1) is 18.7. The van der Waals surface area contributed by atoms with Crippen molar-refractivity contribution in [1.29, 1.82) is 0 Å². The number of para-hydroxylation sites is 1. The second-order valence-electron chi connectivity index (χ2n) is 6.15. The molecule has 0 spiro atoms. The number of hydrogen-bond donors (Lipinski definition) is 2. The number of nitrogens with one attached hydrogen (secondary N) is 2. The van der Waals surface area contributed by atoms with Crippen LogP contribution in [-0.2, 0) is 22.5 Å². The molecular formula is C21H22N2O4. The molecule has 6 nitrogen and oxygen atoms in total. The minimum Gasteiger partial charge on any atom is -0.491 e. The maximum Gasteiger partial charge on any atom is 0.252 e. The largest absolute Gasteiger partial charge is 0.491 e. The number of hydrogen-bond acceptors (Lipinski definition) is 4. The van der Waals surface area contributed by atoms with Gasteiger partial charge in [-0.2, -0.15) is 0 Å². The van der Waals surface area contributed by atoms with Crippen molar-refractivity contribution in [2.75, 3.05) is 20.3 Å². The Morgan fingerprint density at radius 3 is 2.78 bits per heavy atom. The Morgan fingerprint density at radius 1 is 1.07 bits per heavy atom. The summed E-state index contributed by atoms with van der Waals surface area (Å²) in [4.78, 5) is 27.2. The Balaban J connectivity index is 1.59. The molecule has 0 aliphatic heterocycles. The molecule has 1 aromatic heterocycles. The number of carbonyl (C=O) groups excluding carboxylic acids is 1. The fourth-order valence-electron chi connectivity index (χ4n) is 2.75. The summed E-state index contributed by atoms with van der Waals surface area (Å²) in [6, 6.07) is 16.8. The number of methoxy groups -OCH3 is 1. The van der Waals surface area contributed by atoms with Gasteiger partial charge in [-0.15, -0.1) is 0 Å². The summed E-state index contributed by atoms with van der Waals surface area (Å²) >= 11 is 0. The highest BCUT2D eigenvalue weighted by Crippen LogP contribution is 2.13. The van der Waals surface area contributed by atoms with E-state index in [1.807, 2.05) is 48.5 Å². The molecule has 1 amide bonds. The summed E-state index contributed by atoms with van der Waals surface area (Å²) in [5.74, 6) is 0.520. The molecule has 0 fully saturated rings. The van der Waals surface area contributed by atoms with Crippen molar-refractivity contribution in [2.45, 2.75) is 13.0 Å². The van der Waals surface area contributed by atoms with Crippen molar-refractivity contribution in [3.63, 3.8) is 0 Å². The van der Waals surface area contributed by atoms with Gasteiger partial charge >= 0.3 is 0 Å². The fraction of sp³-hybridized carbons (Fsp3) is 0.238. The van der Waals surface area contributed by atoms with Crippen molar-refractivity contribution in [2.24, 2.45) is 0 Å². The summed E-state index contributed by atoms with van der Waals surface area (Å²) in [5.41, 5.74) is 1.89. The number of fused-ring (bicyclic) bond motifs is 1. The summed E-state index contributed by atoms with van der Waals surface area (Å²) < 4.78 is 10.5. The predicted octanol–water partition coefficient (Wildman–Crippen LogP) is 2.41. The second-order valence-corrected chi connectivity index (χ2v) is 6.15. The number of aromatic nitrogens is 1. The maximum absolute atomic E-state index is 12.3. The van der Waals surface area contributed by atoms with Gasteiger partial charge in [0.2, 0.25) is 5.91 Å². The van der Waals surface area contributed by atoms with Gasteiger partial charge in [0.1, 0.15) is 12.4 Å². The molecule has 2 N–H and O–H groups in total. The average Bonchev–Trinajstić information content (AvgIpc) is 2.67. The number of rotatable bonds is 8. The zero-order valence-electron chi connectivity index (χ0n) is 15.2. The predicted molar refractivity (Wildman–Crippen MR) is 104 cm³/mol. The van der Waals surface area contributed by atoms with Crippen molar-refractivity contribution in [1.82, 2.24) is 10.3 Å². The molecular weight excluding hydrogens is 344 g/mol. The van der Waals surface area contributed by atoms with Crippen LogP contribution in [0.2, 0.25) is 0 Å². The Kier molecular flexibility index (Phi) is 6.22. The van der Waals surface area contributed by atoms with E-state index < -0.39 is 0 Å². The van der Waals surface area contributed by atoms with Gasteiger partial charge in [-0.05, 0) is 35.2 Å². The first-order valence-electron chi connectivity index (χ1n) is 8.74. The Hall–Kier alpha value is -3.12. The van der Waals surface area contributed by atoms with Crippen LogP contribution in [0.4, 0.5) is 0 Å². The van der Waals surface area contributed by atoms with E-state index in [4.69, 9.17) is 9.47 Å². The smallest absolute Gasteiger partial charge is 0.252 e. The van der Waals surface area contributed by atoms with Crippen LogP contribution in [0.25, 0.3) is 10.9 Å². The molecule has 140 valence electrons. The van der Waals surface area contributed by atoms with Crippen LogP contribution in [0.5, 0.6) is 5.75 Å². The topological polar surface area (TPSA) is 80.4 Å². The third-order valence-electron chi connectivity index (χ3n) is 4.13. The third kappa shape index (κ3) is 5.18. The highest BCUT2D eigenvalue weighted by molar-refractivity contribution is 5.82. The minimum absolute atomic E-state index is 0.0319. The Bertz CT molecular complexity index is 981. The van der Waals surface area contributed by atoms with Crippen molar-refractivity contribution in [3.8, 4) is 5.75 Å². The molecule has 0 unspecified atom stereocenters. The van der Waals surface area contributed by atoms with E-state index in [9.17, 15) is 9.59 Å². The van der Waals surface area contributed by atoms with E-state index in [1.165, 1.54) is 0 Å². The van der Waals surface area contributed by atoms with E-state index in [0.29, 0.717) is 25.3 Å². The molecule has 0 aliphatic carbocycles. The van der Waals surface area contributed by atoms with E-state index >= 15 is 0 Å². The SMILES string of the molecule is COCCOc1cccc(CNC(=O)Cc2cc3ccccc3[nH]c2=O)c1. The van der Waals surface area contributed by atoms with Gasteiger partial charge in [0.05, 0.1) is 13.0 Å². The van der Waals surface area contributed by atoms with Crippen LogP contribution in [0.15, 0.2) is 59.4 Å². The number of amides is 1. The lowest BCUT2D eigenvalue weighted by molar-refractivity contribution is -0.120. The lowest BCUT2D eigenvalue weighted by Gasteiger charge is -2.09. The maximum atomic E-state index is 12.3. The number of pyridine rings is 1. The minimum atomic E-state index is -0.239. The molecule has 0 bridgehead atoms. The zero-order valence-corrected chi connectivity index (χ0v) is 15.2. The number of H-pyrrole nitrogens is 1. The summed E-state index contributed by atoms with van der Waals surface area (Å²) in [6.07, 6.45) is 0.0319. The molecule has 3 rings (SSSR count). The van der Waals surface area contributed by atoms with Crippen LogP contribution in [0.1, 0.15) is 11.1 Å². The normalized spacial score (nSPS) is 10.7. The first-order chi connectivity index (χ1) is 13.2.